The van der Waals surface area contributed by atoms with Crippen LogP contribution in [0.5, 0.6) is 0 Å². The van der Waals surface area contributed by atoms with Crippen molar-refractivity contribution < 1.29 is 14.2 Å². The summed E-state index contributed by atoms with van der Waals surface area (Å²) in [6.45, 7) is 0. The third-order valence-corrected chi connectivity index (χ3v) is 6.30. The second-order valence-corrected chi connectivity index (χ2v) is 7.48. The molecule has 27 heavy (non-hydrogen) atoms. The van der Waals surface area contributed by atoms with Gasteiger partial charge in [-0.05, 0) is 17.7 Å². The normalized spacial score (nSPS) is 27.3. The van der Waals surface area contributed by atoms with Gasteiger partial charge in [0.25, 0.3) is 0 Å². The molecule has 0 saturated carbocycles. The zero-order chi connectivity index (χ0) is 18.1. The molecule has 2 amide bonds. The van der Waals surface area contributed by atoms with Gasteiger partial charge in [0.1, 0.15) is 5.92 Å². The number of amides is 2. The minimum Gasteiger partial charge on any atom is -0.274 e. The first-order valence-electron chi connectivity index (χ1n) is 9.29. The molecular formula is C23H17N2O2+. The Kier molecular flexibility index (Phi) is 2.82. The van der Waals surface area contributed by atoms with Gasteiger partial charge in [-0.2, -0.15) is 4.57 Å². The minimum atomic E-state index is -0.350. The van der Waals surface area contributed by atoms with Crippen LogP contribution in [0.25, 0.3) is 0 Å². The third kappa shape index (κ3) is 1.75. The van der Waals surface area contributed by atoms with Crippen molar-refractivity contribution in [3.8, 4) is 0 Å². The molecule has 1 fully saturated rings. The lowest BCUT2D eigenvalue weighted by atomic mass is 9.63. The second-order valence-electron chi connectivity index (χ2n) is 7.48. The minimum absolute atomic E-state index is 0.0733. The Morgan fingerprint density at radius 3 is 2.19 bits per heavy atom. The monoisotopic (exact) mass is 353 g/mol. The first-order chi connectivity index (χ1) is 13.3. The molecule has 2 aromatic carbocycles. The summed E-state index contributed by atoms with van der Waals surface area (Å²) in [4.78, 5) is 28.3. The molecule has 1 aromatic heterocycles. The summed E-state index contributed by atoms with van der Waals surface area (Å²) in [6, 6.07) is 23.5. The van der Waals surface area contributed by atoms with Crippen LogP contribution in [0.3, 0.4) is 0 Å². The van der Waals surface area contributed by atoms with Crippen molar-refractivity contribution in [2.45, 2.75) is 12.0 Å². The van der Waals surface area contributed by atoms with Crippen molar-refractivity contribution in [1.29, 1.82) is 0 Å². The lowest BCUT2D eigenvalue weighted by molar-refractivity contribution is -0.736. The molecule has 3 aliphatic heterocycles. The standard InChI is InChI=1S/C23H17N2O2/c26-22-19-18-15-10-4-5-11-16(15)21(24-13-7-6-12-17(18)24)20(19)23(27)25(22)14-8-2-1-3-9-14/h1-13,18-21H/q+1/t18-,19-,20-,21+/m1/s1. The molecule has 1 aliphatic carbocycles. The summed E-state index contributed by atoms with van der Waals surface area (Å²) < 4.78 is 2.20. The fourth-order valence-electron chi connectivity index (χ4n) is 5.33. The maximum atomic E-state index is 13.5. The highest BCUT2D eigenvalue weighted by atomic mass is 16.2. The topological polar surface area (TPSA) is 41.3 Å². The van der Waals surface area contributed by atoms with Gasteiger partial charge in [-0.15, -0.1) is 0 Å². The van der Waals surface area contributed by atoms with Gasteiger partial charge >= 0.3 is 0 Å². The van der Waals surface area contributed by atoms with Crippen molar-refractivity contribution >= 4 is 17.5 Å². The lowest BCUT2D eigenvalue weighted by Gasteiger charge is -2.40. The lowest BCUT2D eigenvalue weighted by Crippen LogP contribution is -2.59. The Labute approximate surface area is 156 Å². The van der Waals surface area contributed by atoms with Gasteiger partial charge in [0.15, 0.2) is 17.9 Å². The first-order valence-corrected chi connectivity index (χ1v) is 9.29. The van der Waals surface area contributed by atoms with Crippen LogP contribution in [0, 0.1) is 11.8 Å². The van der Waals surface area contributed by atoms with Crippen LogP contribution in [-0.2, 0) is 9.59 Å². The predicted octanol–water partition coefficient (Wildman–Crippen LogP) is 2.83. The number of hydrogen-bond acceptors (Lipinski definition) is 2. The van der Waals surface area contributed by atoms with Gasteiger partial charge in [-0.3, -0.25) is 9.59 Å². The average Bonchev–Trinajstić information content (AvgIpc) is 3.00. The van der Waals surface area contributed by atoms with Crippen molar-refractivity contribution in [1.82, 2.24) is 0 Å². The maximum absolute atomic E-state index is 13.5. The van der Waals surface area contributed by atoms with E-state index < -0.39 is 0 Å². The SMILES string of the molecule is O=C1[C@@H]2[C@@H]3c4ccccc4[C@@H]([C@@H]2C(=O)N1c1ccccc1)[n+]1ccccc13. The summed E-state index contributed by atoms with van der Waals surface area (Å²) in [7, 11) is 0. The van der Waals surface area contributed by atoms with Crippen LogP contribution in [0.1, 0.15) is 28.8 Å². The summed E-state index contributed by atoms with van der Waals surface area (Å²) in [5, 5.41) is 0. The molecule has 4 aliphatic rings. The summed E-state index contributed by atoms with van der Waals surface area (Å²) in [6.07, 6.45) is 2.04. The van der Waals surface area contributed by atoms with Crippen LogP contribution in [0.4, 0.5) is 5.69 Å². The van der Waals surface area contributed by atoms with Gasteiger partial charge in [0, 0.05) is 17.7 Å². The van der Waals surface area contributed by atoms with E-state index in [-0.39, 0.29) is 35.6 Å². The Hall–Kier alpha value is -3.27. The number of hydrogen-bond donors (Lipinski definition) is 0. The smallest absolute Gasteiger partial charge is 0.244 e. The van der Waals surface area contributed by atoms with Gasteiger partial charge in [0.05, 0.1) is 17.5 Å². The van der Waals surface area contributed by atoms with Crippen LogP contribution in [0.2, 0.25) is 0 Å². The molecule has 4 heterocycles. The van der Waals surface area contributed by atoms with Crippen molar-refractivity contribution in [3.05, 3.63) is 95.8 Å². The van der Waals surface area contributed by atoms with E-state index in [1.807, 2.05) is 60.8 Å². The van der Waals surface area contributed by atoms with E-state index >= 15 is 0 Å². The number of aromatic nitrogens is 1. The molecule has 0 radical (unpaired) electrons. The largest absolute Gasteiger partial charge is 0.274 e. The summed E-state index contributed by atoms with van der Waals surface area (Å²) in [5.41, 5.74) is 4.15. The van der Waals surface area contributed by atoms with E-state index in [0.29, 0.717) is 5.69 Å². The van der Waals surface area contributed by atoms with Gasteiger partial charge in [-0.25, -0.2) is 4.90 Å². The Morgan fingerprint density at radius 1 is 0.704 bits per heavy atom. The van der Waals surface area contributed by atoms with E-state index in [4.69, 9.17) is 0 Å². The highest BCUT2D eigenvalue weighted by Crippen LogP contribution is 2.55. The van der Waals surface area contributed by atoms with Crippen molar-refractivity contribution in [3.63, 3.8) is 0 Å². The third-order valence-electron chi connectivity index (χ3n) is 6.30. The zero-order valence-corrected chi connectivity index (χ0v) is 14.5. The van der Waals surface area contributed by atoms with E-state index in [1.165, 1.54) is 16.0 Å². The second kappa shape index (κ2) is 5.13. The molecule has 4 nitrogen and oxygen atoms in total. The molecule has 0 unspecified atom stereocenters. The number of para-hydroxylation sites is 1. The number of imide groups is 1. The van der Waals surface area contributed by atoms with E-state index in [9.17, 15) is 9.59 Å². The molecule has 7 rings (SSSR count). The molecule has 0 spiro atoms. The van der Waals surface area contributed by atoms with Gasteiger partial charge in [-0.1, -0.05) is 48.5 Å². The fourth-order valence-corrected chi connectivity index (χ4v) is 5.33. The van der Waals surface area contributed by atoms with Gasteiger partial charge < -0.3 is 0 Å². The molecule has 1 saturated heterocycles. The number of anilines is 1. The maximum Gasteiger partial charge on any atom is 0.244 e. The van der Waals surface area contributed by atoms with E-state index in [0.717, 1.165) is 5.69 Å². The van der Waals surface area contributed by atoms with Crippen LogP contribution >= 0.6 is 0 Å². The predicted molar refractivity (Wildman–Crippen MR) is 99.0 cm³/mol. The van der Waals surface area contributed by atoms with Crippen molar-refractivity contribution in [2.24, 2.45) is 11.8 Å². The fraction of sp³-hybridized carbons (Fsp3) is 0.174. The quantitative estimate of drug-likeness (QED) is 0.499. The van der Waals surface area contributed by atoms with E-state index in [1.54, 1.807) is 0 Å². The summed E-state index contributed by atoms with van der Waals surface area (Å²) >= 11 is 0. The number of pyridine rings is 1. The molecule has 4 atom stereocenters. The average molecular weight is 353 g/mol. The zero-order valence-electron chi connectivity index (χ0n) is 14.5. The van der Waals surface area contributed by atoms with E-state index in [2.05, 4.69) is 22.8 Å². The van der Waals surface area contributed by atoms with Crippen LogP contribution in [0.15, 0.2) is 79.0 Å². The van der Waals surface area contributed by atoms with Crippen LogP contribution < -0.4 is 9.47 Å². The van der Waals surface area contributed by atoms with Crippen LogP contribution in [-0.4, -0.2) is 11.8 Å². The number of rotatable bonds is 1. The molecule has 4 heteroatoms. The highest BCUT2D eigenvalue weighted by molar-refractivity contribution is 6.23. The van der Waals surface area contributed by atoms with Gasteiger partial charge in [0.2, 0.25) is 11.8 Å². The number of benzene rings is 2. The Bertz CT molecular complexity index is 993. The highest BCUT2D eigenvalue weighted by Gasteiger charge is 2.66. The Morgan fingerprint density at radius 2 is 1.37 bits per heavy atom. The molecular weight excluding hydrogens is 336 g/mol. The molecule has 3 aromatic rings. The first kappa shape index (κ1) is 14.9. The molecule has 130 valence electrons. The molecule has 0 N–H and O–H groups in total. The number of carbonyl (C=O) groups excluding carboxylic acids is 2. The Balaban J connectivity index is 1.60. The number of carbonyl (C=O) groups is 2. The molecule has 2 bridgehead atoms. The summed E-state index contributed by atoms with van der Waals surface area (Å²) in [5.74, 6) is -0.918. The van der Waals surface area contributed by atoms with Crippen molar-refractivity contribution in [2.75, 3.05) is 4.90 Å². The number of nitrogens with zero attached hydrogens (tertiary/aromatic N) is 2.